The zero-order valence-corrected chi connectivity index (χ0v) is 21.3. The highest BCUT2D eigenvalue weighted by Crippen LogP contribution is 2.27. The van der Waals surface area contributed by atoms with Crippen molar-refractivity contribution in [1.82, 2.24) is 0 Å². The van der Waals surface area contributed by atoms with Crippen molar-refractivity contribution in [2.24, 2.45) is 0 Å². The summed E-state index contributed by atoms with van der Waals surface area (Å²) in [5.74, 6) is -1.20. The van der Waals surface area contributed by atoms with Crippen molar-refractivity contribution < 1.29 is 85.0 Å². The molecule has 39 heavy (non-hydrogen) atoms. The minimum atomic E-state index is -2.61. The van der Waals surface area contributed by atoms with Crippen LogP contribution in [0.4, 0.5) is 0 Å². The molecule has 0 bridgehead atoms. The predicted molar refractivity (Wildman–Crippen MR) is 122 cm³/mol. The molecule has 17 heteroatoms. The highest BCUT2D eigenvalue weighted by Gasteiger charge is 2.50. The van der Waals surface area contributed by atoms with Gasteiger partial charge in [-0.25, -0.2) is 0 Å². The Balaban J connectivity index is 2.01. The minimum absolute atomic E-state index is 0.423. The van der Waals surface area contributed by atoms with E-state index in [0.29, 0.717) is 0 Å². The van der Waals surface area contributed by atoms with Gasteiger partial charge >= 0.3 is 0 Å². The maximum Gasteiger partial charge on any atom is 0.195 e. The number of hydrogen-bond acceptors (Lipinski definition) is 17. The van der Waals surface area contributed by atoms with Crippen LogP contribution in [0.25, 0.3) is 0 Å². The third-order valence-corrected chi connectivity index (χ3v) is 6.93. The summed E-state index contributed by atoms with van der Waals surface area (Å²) in [5, 5.41) is 120. The average molecular weight is 577 g/mol. The average Bonchev–Trinajstić information content (AvgIpc) is 2.92. The van der Waals surface area contributed by atoms with Crippen LogP contribution in [0.2, 0.25) is 0 Å². The van der Waals surface area contributed by atoms with E-state index in [1.165, 1.54) is 6.92 Å². The normalized spacial score (nSPS) is 40.4. The van der Waals surface area contributed by atoms with Crippen LogP contribution in [0.5, 0.6) is 0 Å². The lowest BCUT2D eigenvalue weighted by Crippen LogP contribution is -2.62. The maximum absolute atomic E-state index is 12.1. The molecule has 0 amide bonds. The van der Waals surface area contributed by atoms with Gasteiger partial charge in [-0.05, 0) is 13.3 Å². The number of ether oxygens (including phenoxy) is 4. The smallest absolute Gasteiger partial charge is 0.195 e. The van der Waals surface area contributed by atoms with E-state index in [2.05, 4.69) is 0 Å². The summed E-state index contributed by atoms with van der Waals surface area (Å²) < 4.78 is 21.0. The standard InChI is InChI=1S/C22H40O17/c1-3-22(35,18(33)7(2)24)19(34)11(26)8(25)5-36-20-17(32)15(30)13(28)10(39-20)6-37-21-16(31)14(29)12(27)9(4-23)38-21/h7-17,19-21,23-32,34-35H,3-6H2,1-2H3/t7?,8-,9-,10-,11-,12-,13-,14+,15+,16-,17-,19+,20+,21+,22+/m1/s1. The first-order valence-electron chi connectivity index (χ1n) is 12.3. The number of carbonyl (C=O) groups excluding carboxylic acids is 1. The summed E-state index contributed by atoms with van der Waals surface area (Å²) in [4.78, 5) is 12.1. The Bertz CT molecular complexity index is 769. The molecule has 2 rings (SSSR count). The third-order valence-electron chi connectivity index (χ3n) is 6.93. The Hall–Kier alpha value is -0.970. The third kappa shape index (κ3) is 7.46. The molecule has 230 valence electrons. The van der Waals surface area contributed by atoms with Crippen LogP contribution in [0, 0.1) is 0 Å². The van der Waals surface area contributed by atoms with Gasteiger partial charge in [0.15, 0.2) is 24.0 Å². The predicted octanol–water partition coefficient (Wildman–Crippen LogP) is -7.20. The fraction of sp³-hybridized carbons (Fsp3) is 0.955. The van der Waals surface area contributed by atoms with Crippen LogP contribution in [0.3, 0.4) is 0 Å². The quantitative estimate of drug-likeness (QED) is 0.0969. The van der Waals surface area contributed by atoms with E-state index in [0.717, 1.165) is 6.92 Å². The number of aliphatic hydroxyl groups excluding tert-OH is 11. The molecule has 2 aliphatic rings. The summed E-state index contributed by atoms with van der Waals surface area (Å²) in [5.41, 5.74) is -2.61. The molecule has 0 saturated carbocycles. The largest absolute Gasteiger partial charge is 0.394 e. The Morgan fingerprint density at radius 3 is 1.79 bits per heavy atom. The molecule has 17 nitrogen and oxygen atoms in total. The number of hydrogen-bond donors (Lipinski definition) is 12. The molecular formula is C22H40O17. The van der Waals surface area contributed by atoms with E-state index in [4.69, 9.17) is 18.9 Å². The molecule has 0 aromatic carbocycles. The zero-order valence-electron chi connectivity index (χ0n) is 21.3. The van der Waals surface area contributed by atoms with Gasteiger partial charge in [0.05, 0.1) is 19.8 Å². The first-order chi connectivity index (χ1) is 18.1. The molecule has 12 N–H and O–H groups in total. The van der Waals surface area contributed by atoms with Crippen molar-refractivity contribution in [2.45, 2.75) is 112 Å². The zero-order chi connectivity index (χ0) is 29.8. The Kier molecular flexibility index (Phi) is 12.5. The van der Waals surface area contributed by atoms with E-state index in [1.807, 2.05) is 0 Å². The lowest BCUT2D eigenvalue weighted by molar-refractivity contribution is -0.333. The molecule has 2 fully saturated rings. The van der Waals surface area contributed by atoms with Gasteiger partial charge in [-0.1, -0.05) is 6.92 Å². The number of Topliss-reactive ketones (excluding diaryl/α,β-unsaturated/α-hetero) is 1. The van der Waals surface area contributed by atoms with Gasteiger partial charge < -0.3 is 80.2 Å². The molecule has 0 aromatic rings. The fourth-order valence-corrected chi connectivity index (χ4v) is 4.26. The Morgan fingerprint density at radius 2 is 1.31 bits per heavy atom. The first-order valence-corrected chi connectivity index (χ1v) is 12.3. The van der Waals surface area contributed by atoms with Gasteiger partial charge in [-0.15, -0.1) is 0 Å². The number of aliphatic hydroxyl groups is 12. The van der Waals surface area contributed by atoms with Crippen molar-refractivity contribution in [1.29, 1.82) is 0 Å². The summed E-state index contributed by atoms with van der Waals surface area (Å²) in [6.45, 7) is 0.0964. The monoisotopic (exact) mass is 576 g/mol. The van der Waals surface area contributed by atoms with Gasteiger partial charge in [-0.3, -0.25) is 4.79 Å². The van der Waals surface area contributed by atoms with E-state index in [-0.39, 0.29) is 0 Å². The van der Waals surface area contributed by atoms with Gasteiger partial charge in [0.2, 0.25) is 0 Å². The summed E-state index contributed by atoms with van der Waals surface area (Å²) in [6, 6.07) is 0. The fourth-order valence-electron chi connectivity index (χ4n) is 4.26. The summed E-state index contributed by atoms with van der Waals surface area (Å²) in [6.07, 6.45) is -25.3. The van der Waals surface area contributed by atoms with E-state index in [9.17, 15) is 66.1 Å². The molecule has 0 aliphatic carbocycles. The van der Waals surface area contributed by atoms with Crippen molar-refractivity contribution in [2.75, 3.05) is 19.8 Å². The molecule has 2 saturated heterocycles. The van der Waals surface area contributed by atoms with Gasteiger partial charge in [-0.2, -0.15) is 0 Å². The lowest BCUT2D eigenvalue weighted by Gasteiger charge is -2.43. The highest BCUT2D eigenvalue weighted by atomic mass is 16.7. The van der Waals surface area contributed by atoms with Gasteiger partial charge in [0.1, 0.15) is 73.2 Å². The topological polar surface area (TPSA) is 297 Å². The Morgan fingerprint density at radius 1 is 0.821 bits per heavy atom. The van der Waals surface area contributed by atoms with Crippen molar-refractivity contribution in [3.8, 4) is 0 Å². The van der Waals surface area contributed by atoms with Crippen molar-refractivity contribution >= 4 is 5.78 Å². The second-order valence-corrected chi connectivity index (χ2v) is 9.70. The SMILES string of the molecule is CC[C@](O)(C(=O)C(C)O)[C@@H](O)[C@H](O)[C@H](O)CO[C@H]1O[C@H](CO[C@H]2O[C@H](CO)[C@@H](O)[C@H](O)[C@H]2O)[C@@H](O)[C@H](O)[C@H]1O. The molecular weight excluding hydrogens is 536 g/mol. The second-order valence-electron chi connectivity index (χ2n) is 9.70. The molecule has 15 atom stereocenters. The number of ketones is 1. The van der Waals surface area contributed by atoms with Crippen molar-refractivity contribution in [3.63, 3.8) is 0 Å². The van der Waals surface area contributed by atoms with Gasteiger partial charge in [0.25, 0.3) is 0 Å². The second kappa shape index (κ2) is 14.3. The van der Waals surface area contributed by atoms with Crippen molar-refractivity contribution in [3.05, 3.63) is 0 Å². The summed E-state index contributed by atoms with van der Waals surface area (Å²) >= 11 is 0. The van der Waals surface area contributed by atoms with Crippen LogP contribution in [-0.2, 0) is 23.7 Å². The molecule has 0 radical (unpaired) electrons. The van der Waals surface area contributed by atoms with Crippen LogP contribution in [0.15, 0.2) is 0 Å². The maximum atomic E-state index is 12.1. The van der Waals surface area contributed by atoms with E-state index in [1.54, 1.807) is 0 Å². The highest BCUT2D eigenvalue weighted by molar-refractivity contribution is 5.91. The Labute approximate surface area is 223 Å². The number of rotatable bonds is 13. The van der Waals surface area contributed by atoms with Crippen LogP contribution in [-0.4, -0.2) is 178 Å². The van der Waals surface area contributed by atoms with Crippen LogP contribution in [0.1, 0.15) is 20.3 Å². The van der Waals surface area contributed by atoms with Crippen LogP contribution >= 0.6 is 0 Å². The summed E-state index contributed by atoms with van der Waals surface area (Å²) in [7, 11) is 0. The molecule has 2 heterocycles. The molecule has 0 spiro atoms. The molecule has 0 aromatic heterocycles. The molecule has 1 unspecified atom stereocenters. The number of carbonyl (C=O) groups is 1. The van der Waals surface area contributed by atoms with Gasteiger partial charge in [0, 0.05) is 0 Å². The minimum Gasteiger partial charge on any atom is -0.394 e. The van der Waals surface area contributed by atoms with E-state index < -0.39 is 123 Å². The van der Waals surface area contributed by atoms with E-state index >= 15 is 0 Å². The lowest BCUT2D eigenvalue weighted by atomic mass is 9.82. The van der Waals surface area contributed by atoms with Crippen LogP contribution < -0.4 is 0 Å². The first kappa shape index (κ1) is 34.2. The molecule has 2 aliphatic heterocycles.